The second-order valence-electron chi connectivity index (χ2n) is 16.4. The van der Waals surface area contributed by atoms with E-state index in [1.807, 2.05) is 0 Å². The van der Waals surface area contributed by atoms with Crippen molar-refractivity contribution in [2.24, 2.45) is 0 Å². The van der Waals surface area contributed by atoms with Crippen LogP contribution in [0.3, 0.4) is 0 Å². The van der Waals surface area contributed by atoms with Crippen molar-refractivity contribution in [1.82, 2.24) is 20.6 Å². The van der Waals surface area contributed by atoms with Gasteiger partial charge in [0.1, 0.15) is 22.5 Å². The highest BCUT2D eigenvalue weighted by Gasteiger charge is 2.45. The number of halogens is 6. The van der Waals surface area contributed by atoms with Crippen LogP contribution in [0, 0.1) is 0 Å². The molecule has 20 heteroatoms. The van der Waals surface area contributed by atoms with Crippen molar-refractivity contribution in [3.05, 3.63) is 142 Å². The molecule has 0 bridgehead atoms. The van der Waals surface area contributed by atoms with E-state index in [0.29, 0.717) is 57.6 Å². The molecule has 0 fully saturated rings. The molecule has 0 aliphatic heterocycles. The van der Waals surface area contributed by atoms with E-state index in [1.54, 1.807) is 60.7 Å². The third-order valence-electron chi connectivity index (χ3n) is 12.0. The Morgan fingerprint density at radius 2 is 0.824 bits per heavy atom. The van der Waals surface area contributed by atoms with Gasteiger partial charge >= 0.3 is 24.3 Å². The van der Waals surface area contributed by atoms with Crippen LogP contribution in [0.15, 0.2) is 115 Å². The van der Waals surface area contributed by atoms with Crippen LogP contribution in [0.25, 0.3) is 68.1 Å². The summed E-state index contributed by atoms with van der Waals surface area (Å²) in [5, 5.41) is 54.5. The first-order chi connectivity index (χ1) is 32.2. The normalized spacial score (nSPS) is 14.9. The van der Waals surface area contributed by atoms with Crippen LogP contribution in [-0.4, -0.2) is 53.0 Å². The molecule has 4 aromatic heterocycles. The number of alkyl halides is 6. The molecule has 2 aliphatic carbocycles. The van der Waals surface area contributed by atoms with Crippen molar-refractivity contribution in [3.63, 3.8) is 0 Å². The van der Waals surface area contributed by atoms with Crippen LogP contribution in [-0.2, 0) is 58.8 Å². The Labute approximate surface area is 379 Å². The van der Waals surface area contributed by atoms with E-state index in [4.69, 9.17) is 18.1 Å². The van der Waals surface area contributed by atoms with Gasteiger partial charge in [-0.3, -0.25) is 0 Å². The number of carboxylic acids is 2. The average Bonchev–Trinajstić information content (AvgIpc) is 4.13. The number of carboxylic acid groups (broad SMARTS) is 2. The number of benzene rings is 4. The summed E-state index contributed by atoms with van der Waals surface area (Å²) in [5.74, 6) is -3.86. The summed E-state index contributed by atoms with van der Waals surface area (Å²) in [4.78, 5) is 22.8. The number of hydrogen-bond acceptors (Lipinski definition) is 12. The van der Waals surface area contributed by atoms with Crippen LogP contribution >= 0.6 is 0 Å². The number of fused-ring (bicyclic) bond motifs is 6. The van der Waals surface area contributed by atoms with Crippen LogP contribution in [0.1, 0.15) is 58.4 Å². The summed E-state index contributed by atoms with van der Waals surface area (Å²) in [7, 11) is 0. The fourth-order valence-electron chi connectivity index (χ4n) is 8.30. The van der Waals surface area contributed by atoms with Gasteiger partial charge in [0.25, 0.3) is 0 Å². The summed E-state index contributed by atoms with van der Waals surface area (Å²) in [5.41, 5.74) is -2.23. The molecule has 0 amide bonds. The van der Waals surface area contributed by atoms with Crippen molar-refractivity contribution in [2.45, 2.75) is 63.1 Å². The van der Waals surface area contributed by atoms with Gasteiger partial charge in [-0.2, -0.15) is 26.3 Å². The second kappa shape index (κ2) is 16.5. The van der Waals surface area contributed by atoms with E-state index in [2.05, 4.69) is 20.6 Å². The number of aromatic nitrogens is 4. The Balaban J connectivity index is 0.000000170. The maximum atomic E-state index is 14.1. The third-order valence-corrected chi connectivity index (χ3v) is 12.0. The quantitative estimate of drug-likeness (QED) is 0.104. The van der Waals surface area contributed by atoms with Gasteiger partial charge in [-0.1, -0.05) is 118 Å². The van der Waals surface area contributed by atoms with Crippen LogP contribution in [0.4, 0.5) is 26.3 Å². The molecular weight excluding hydrogens is 907 g/mol. The molecule has 68 heavy (non-hydrogen) atoms. The molecule has 2 aliphatic rings. The zero-order valence-corrected chi connectivity index (χ0v) is 35.4. The van der Waals surface area contributed by atoms with Crippen LogP contribution in [0.2, 0.25) is 0 Å². The standard InChI is InChI=1S/2C24H17F3N2O5/c2*1-23(32,22(30)31)14-8-10-15-13(11-14)7-9-16-18(15)28-34-21(16)19-17(24(25,26)27)20(33-29-19)12-5-3-2-4-6-12/h2*2-6,8,10-11,32H,7,9H2,1H3,(H,30,31)/t2*23-/m10/s1. The van der Waals surface area contributed by atoms with Crippen molar-refractivity contribution >= 4 is 11.9 Å². The third kappa shape index (κ3) is 7.79. The Morgan fingerprint density at radius 3 is 1.16 bits per heavy atom. The molecule has 0 spiro atoms. The van der Waals surface area contributed by atoms with Gasteiger partial charge in [0.2, 0.25) is 0 Å². The molecule has 4 N–H and O–H groups in total. The predicted molar refractivity (Wildman–Crippen MR) is 225 cm³/mol. The van der Waals surface area contributed by atoms with Crippen molar-refractivity contribution in [1.29, 1.82) is 0 Å². The molecular formula is C48H34F6N4O10. The van der Waals surface area contributed by atoms with E-state index in [1.165, 1.54) is 50.2 Å². The lowest BCUT2D eigenvalue weighted by Crippen LogP contribution is -2.32. The second-order valence-corrected chi connectivity index (χ2v) is 16.4. The van der Waals surface area contributed by atoms with E-state index in [0.717, 1.165) is 0 Å². The molecule has 2 atom stereocenters. The fraction of sp³-hybridized carbons (Fsp3) is 0.208. The maximum absolute atomic E-state index is 14.1. The number of aliphatic carboxylic acids is 2. The molecule has 348 valence electrons. The molecule has 0 saturated carbocycles. The number of rotatable bonds is 8. The van der Waals surface area contributed by atoms with Crippen molar-refractivity contribution in [3.8, 4) is 68.1 Å². The number of hydrogen-bond donors (Lipinski definition) is 4. The van der Waals surface area contributed by atoms with Gasteiger partial charge < -0.3 is 38.5 Å². The number of carbonyl (C=O) groups is 2. The summed E-state index contributed by atoms with van der Waals surface area (Å²) in [6.07, 6.45) is -8.20. The molecule has 14 nitrogen and oxygen atoms in total. The Morgan fingerprint density at radius 1 is 0.485 bits per heavy atom. The predicted octanol–water partition coefficient (Wildman–Crippen LogP) is 10.1. The molecule has 0 unspecified atom stereocenters. The number of aliphatic hydroxyl groups is 2. The van der Waals surface area contributed by atoms with Crippen molar-refractivity contribution < 1.29 is 74.5 Å². The summed E-state index contributed by atoms with van der Waals surface area (Å²) < 4.78 is 105. The van der Waals surface area contributed by atoms with Crippen LogP contribution < -0.4 is 0 Å². The minimum absolute atomic E-state index is 0.125. The van der Waals surface area contributed by atoms with E-state index < -0.39 is 69.5 Å². The topological polar surface area (TPSA) is 219 Å². The van der Waals surface area contributed by atoms with Gasteiger partial charge in [-0.05, 0) is 61.8 Å². The van der Waals surface area contributed by atoms with Gasteiger partial charge in [-0.25, -0.2) is 9.59 Å². The average molecular weight is 941 g/mol. The lowest BCUT2D eigenvalue weighted by Gasteiger charge is -2.22. The first-order valence-electron chi connectivity index (χ1n) is 20.6. The van der Waals surface area contributed by atoms with E-state index >= 15 is 0 Å². The van der Waals surface area contributed by atoms with Gasteiger partial charge in [0.15, 0.2) is 45.6 Å². The highest BCUT2D eigenvalue weighted by Crippen LogP contribution is 2.49. The monoisotopic (exact) mass is 940 g/mol. The summed E-state index contributed by atoms with van der Waals surface area (Å²) in [6.45, 7) is 2.35. The molecule has 10 rings (SSSR count). The Bertz CT molecular complexity index is 3020. The molecule has 0 radical (unpaired) electrons. The zero-order valence-electron chi connectivity index (χ0n) is 35.4. The van der Waals surface area contributed by atoms with Gasteiger partial charge in [0.05, 0.1) is 0 Å². The largest absolute Gasteiger partial charge is 0.479 e. The zero-order chi connectivity index (χ0) is 48.5. The van der Waals surface area contributed by atoms with Crippen molar-refractivity contribution in [2.75, 3.05) is 0 Å². The van der Waals surface area contributed by atoms with Crippen LogP contribution in [0.5, 0.6) is 0 Å². The first-order valence-corrected chi connectivity index (χ1v) is 20.6. The molecule has 8 aromatic rings. The van der Waals surface area contributed by atoms with Gasteiger partial charge in [0, 0.05) is 33.4 Å². The van der Waals surface area contributed by atoms with E-state index in [9.17, 15) is 56.4 Å². The Kier molecular flexibility index (Phi) is 11.0. The molecule has 4 heterocycles. The van der Waals surface area contributed by atoms with Gasteiger partial charge in [-0.15, -0.1) is 0 Å². The highest BCUT2D eigenvalue weighted by atomic mass is 19.4. The minimum atomic E-state index is -4.76. The molecule has 4 aromatic carbocycles. The molecule has 0 saturated heterocycles. The summed E-state index contributed by atoms with van der Waals surface area (Å²) in [6, 6.07) is 24.9. The fourth-order valence-corrected chi connectivity index (χ4v) is 8.30. The highest BCUT2D eigenvalue weighted by molar-refractivity contribution is 5.83. The van der Waals surface area contributed by atoms with E-state index in [-0.39, 0.29) is 46.6 Å². The lowest BCUT2D eigenvalue weighted by molar-refractivity contribution is -0.158. The lowest BCUT2D eigenvalue weighted by atomic mass is 9.84. The number of aryl methyl sites for hydroxylation is 2. The summed E-state index contributed by atoms with van der Waals surface area (Å²) >= 11 is 0. The Hall–Kier alpha value is -7.84. The number of nitrogens with zero attached hydrogens (tertiary/aromatic N) is 4. The SMILES string of the molecule is C[C@@](O)(C(=O)O)c1ccc2c(c1)CCc1c-2noc1-c1noc(-c2ccccc2)c1C(F)(F)F.C[C@](O)(C(=O)O)c1ccc2c(c1)CCc1c-2noc1-c1noc(-c2ccccc2)c1C(F)(F)F. The minimum Gasteiger partial charge on any atom is -0.479 e. The first kappa shape index (κ1) is 45.3. The smallest absolute Gasteiger partial charge is 0.422 e. The maximum Gasteiger partial charge on any atom is 0.422 e.